The molecule has 0 aromatic carbocycles. The maximum Gasteiger partial charge on any atom is 0.410 e. The summed E-state index contributed by atoms with van der Waals surface area (Å²) in [6.45, 7) is 8.63. The second-order valence-corrected chi connectivity index (χ2v) is 7.45. The fourth-order valence-electron chi connectivity index (χ4n) is 2.93. The fourth-order valence-corrected chi connectivity index (χ4v) is 2.93. The Hall–Kier alpha value is -1.62. The Kier molecular flexibility index (Phi) is 7.03. The zero-order chi connectivity index (χ0) is 17.4. The van der Waals surface area contributed by atoms with Crippen LogP contribution in [0.4, 0.5) is 4.79 Å². The van der Waals surface area contributed by atoms with Gasteiger partial charge in [0.05, 0.1) is 12.3 Å². The van der Waals surface area contributed by atoms with Gasteiger partial charge in [-0.3, -0.25) is 4.98 Å². The summed E-state index contributed by atoms with van der Waals surface area (Å²) in [5.74, 6) is 0.546. The first-order chi connectivity index (χ1) is 11.4. The minimum absolute atomic E-state index is 0.182. The van der Waals surface area contributed by atoms with Crippen molar-refractivity contribution >= 4 is 6.09 Å². The van der Waals surface area contributed by atoms with E-state index in [4.69, 9.17) is 9.47 Å². The number of ether oxygens (including phenoxy) is 2. The van der Waals surface area contributed by atoms with E-state index in [0.29, 0.717) is 12.5 Å². The van der Waals surface area contributed by atoms with Crippen LogP contribution in [0.3, 0.4) is 0 Å². The Labute approximate surface area is 145 Å². The van der Waals surface area contributed by atoms with Gasteiger partial charge in [-0.2, -0.15) is 0 Å². The van der Waals surface area contributed by atoms with Crippen molar-refractivity contribution in [3.63, 3.8) is 0 Å². The smallest absolute Gasteiger partial charge is 0.410 e. The fraction of sp³-hybridized carbons (Fsp3) is 0.684. The predicted molar refractivity (Wildman–Crippen MR) is 93.7 cm³/mol. The van der Waals surface area contributed by atoms with Crippen molar-refractivity contribution in [3.05, 3.63) is 30.1 Å². The standard InChI is InChI=1S/C19H30N2O3/c1-19(2,3)24-18(22)21-12-6-8-16(14-21)9-7-13-23-15-17-10-4-5-11-20-17/h4-5,10-11,16H,6-9,12-15H2,1-3H3/t16-/m0/s1. The molecule has 5 heteroatoms. The lowest BCUT2D eigenvalue weighted by molar-refractivity contribution is 0.0155. The van der Waals surface area contributed by atoms with Crippen LogP contribution in [0.1, 0.15) is 52.1 Å². The van der Waals surface area contributed by atoms with Gasteiger partial charge in [-0.1, -0.05) is 6.07 Å². The Bertz CT molecular complexity index is 499. The molecule has 24 heavy (non-hydrogen) atoms. The van der Waals surface area contributed by atoms with Crippen LogP contribution in [0.2, 0.25) is 0 Å². The number of amides is 1. The summed E-state index contributed by atoms with van der Waals surface area (Å²) in [7, 11) is 0. The molecule has 0 N–H and O–H groups in total. The topological polar surface area (TPSA) is 51.7 Å². The third kappa shape index (κ3) is 6.87. The summed E-state index contributed by atoms with van der Waals surface area (Å²) in [6, 6.07) is 5.85. The lowest BCUT2D eigenvalue weighted by Crippen LogP contribution is -2.42. The second-order valence-electron chi connectivity index (χ2n) is 7.45. The first kappa shape index (κ1) is 18.7. The normalized spacial score (nSPS) is 18.5. The molecule has 1 fully saturated rings. The average molecular weight is 334 g/mol. The molecule has 1 amide bonds. The molecule has 0 bridgehead atoms. The highest BCUT2D eigenvalue weighted by Gasteiger charge is 2.27. The summed E-state index contributed by atoms with van der Waals surface area (Å²) in [6.07, 6.45) is 5.93. The Balaban J connectivity index is 1.63. The van der Waals surface area contributed by atoms with Crippen LogP contribution < -0.4 is 0 Å². The first-order valence-electron chi connectivity index (χ1n) is 8.89. The molecule has 0 unspecified atom stereocenters. The number of aromatic nitrogens is 1. The molecule has 0 spiro atoms. The van der Waals surface area contributed by atoms with Crippen molar-refractivity contribution in [1.82, 2.24) is 9.88 Å². The van der Waals surface area contributed by atoms with E-state index in [2.05, 4.69) is 4.98 Å². The van der Waals surface area contributed by atoms with Gasteiger partial charge in [0.1, 0.15) is 5.60 Å². The average Bonchev–Trinajstić information content (AvgIpc) is 2.54. The van der Waals surface area contributed by atoms with E-state index in [1.807, 2.05) is 43.9 Å². The van der Waals surface area contributed by atoms with Crippen molar-refractivity contribution in [3.8, 4) is 0 Å². The Morgan fingerprint density at radius 2 is 2.21 bits per heavy atom. The number of carbonyl (C=O) groups excluding carboxylic acids is 1. The maximum absolute atomic E-state index is 12.2. The highest BCUT2D eigenvalue weighted by atomic mass is 16.6. The van der Waals surface area contributed by atoms with E-state index in [1.165, 1.54) is 6.42 Å². The molecule has 0 radical (unpaired) electrons. The van der Waals surface area contributed by atoms with Crippen molar-refractivity contribution < 1.29 is 14.3 Å². The number of hydrogen-bond acceptors (Lipinski definition) is 4. The summed E-state index contributed by atoms with van der Waals surface area (Å²) >= 11 is 0. The quantitative estimate of drug-likeness (QED) is 0.737. The summed E-state index contributed by atoms with van der Waals surface area (Å²) < 4.78 is 11.2. The van der Waals surface area contributed by atoms with Crippen LogP contribution in [-0.2, 0) is 16.1 Å². The van der Waals surface area contributed by atoms with Gasteiger partial charge in [-0.05, 0) is 64.5 Å². The summed E-state index contributed by atoms with van der Waals surface area (Å²) in [5.41, 5.74) is 0.537. The van der Waals surface area contributed by atoms with Gasteiger partial charge >= 0.3 is 6.09 Å². The predicted octanol–water partition coefficient (Wildman–Crippen LogP) is 4.03. The molecule has 1 aromatic heterocycles. The van der Waals surface area contributed by atoms with E-state index >= 15 is 0 Å². The number of piperidine rings is 1. The van der Waals surface area contributed by atoms with Gasteiger partial charge in [0.2, 0.25) is 0 Å². The van der Waals surface area contributed by atoms with Gasteiger partial charge in [0, 0.05) is 25.9 Å². The molecule has 1 saturated heterocycles. The van der Waals surface area contributed by atoms with E-state index < -0.39 is 5.60 Å². The van der Waals surface area contributed by atoms with Gasteiger partial charge in [0.25, 0.3) is 0 Å². The molecule has 134 valence electrons. The first-order valence-corrected chi connectivity index (χ1v) is 8.89. The number of carbonyl (C=O) groups is 1. The highest BCUT2D eigenvalue weighted by Crippen LogP contribution is 2.22. The van der Waals surface area contributed by atoms with Crippen LogP contribution in [0, 0.1) is 5.92 Å². The molecule has 1 aliphatic rings. The van der Waals surface area contributed by atoms with Crippen LogP contribution in [0.15, 0.2) is 24.4 Å². The van der Waals surface area contributed by atoms with Gasteiger partial charge in [-0.15, -0.1) is 0 Å². The van der Waals surface area contributed by atoms with Crippen LogP contribution in [0.5, 0.6) is 0 Å². The van der Waals surface area contributed by atoms with Gasteiger partial charge in [-0.25, -0.2) is 4.79 Å². The zero-order valence-corrected chi connectivity index (χ0v) is 15.2. The largest absolute Gasteiger partial charge is 0.444 e. The minimum Gasteiger partial charge on any atom is -0.444 e. The molecule has 2 heterocycles. The Morgan fingerprint density at radius 3 is 2.92 bits per heavy atom. The number of hydrogen-bond donors (Lipinski definition) is 0. The summed E-state index contributed by atoms with van der Waals surface area (Å²) in [4.78, 5) is 18.3. The van der Waals surface area contributed by atoms with E-state index in [1.54, 1.807) is 6.20 Å². The molecular weight excluding hydrogens is 304 g/mol. The van der Waals surface area contributed by atoms with Crippen LogP contribution in [-0.4, -0.2) is 41.3 Å². The van der Waals surface area contributed by atoms with Crippen LogP contribution >= 0.6 is 0 Å². The van der Waals surface area contributed by atoms with Crippen LogP contribution in [0.25, 0.3) is 0 Å². The van der Waals surface area contributed by atoms with E-state index in [9.17, 15) is 4.79 Å². The maximum atomic E-state index is 12.2. The third-order valence-corrected chi connectivity index (χ3v) is 4.05. The monoisotopic (exact) mass is 334 g/mol. The molecule has 2 rings (SSSR count). The lowest BCUT2D eigenvalue weighted by atomic mass is 9.94. The van der Waals surface area contributed by atoms with Gasteiger partial charge < -0.3 is 14.4 Å². The van der Waals surface area contributed by atoms with Crippen molar-refractivity contribution in [2.45, 2.75) is 58.7 Å². The molecule has 1 aliphatic heterocycles. The molecule has 1 atom stereocenters. The Morgan fingerprint density at radius 1 is 1.38 bits per heavy atom. The number of pyridine rings is 1. The molecule has 1 aromatic rings. The van der Waals surface area contributed by atoms with Gasteiger partial charge in [0.15, 0.2) is 0 Å². The molecule has 0 saturated carbocycles. The van der Waals surface area contributed by atoms with E-state index in [0.717, 1.165) is 44.7 Å². The number of nitrogens with zero attached hydrogens (tertiary/aromatic N) is 2. The third-order valence-electron chi connectivity index (χ3n) is 4.05. The second kappa shape index (κ2) is 9.02. The molecule has 5 nitrogen and oxygen atoms in total. The lowest BCUT2D eigenvalue weighted by Gasteiger charge is -2.34. The van der Waals surface area contributed by atoms with E-state index in [-0.39, 0.29) is 6.09 Å². The SMILES string of the molecule is CC(C)(C)OC(=O)N1CCC[C@@H](CCCOCc2ccccn2)C1. The highest BCUT2D eigenvalue weighted by molar-refractivity contribution is 5.68. The number of rotatable bonds is 6. The van der Waals surface area contributed by atoms with Crippen molar-refractivity contribution in [2.75, 3.05) is 19.7 Å². The molecule has 0 aliphatic carbocycles. The van der Waals surface area contributed by atoms with Crippen molar-refractivity contribution in [2.24, 2.45) is 5.92 Å². The van der Waals surface area contributed by atoms with Crippen molar-refractivity contribution in [1.29, 1.82) is 0 Å². The zero-order valence-electron chi connectivity index (χ0n) is 15.2. The minimum atomic E-state index is -0.427. The molecular formula is C19H30N2O3. The number of likely N-dealkylation sites (tertiary alicyclic amines) is 1. The summed E-state index contributed by atoms with van der Waals surface area (Å²) in [5, 5.41) is 0.